The lowest BCUT2D eigenvalue weighted by Crippen LogP contribution is -2.54. The van der Waals surface area contributed by atoms with E-state index in [1.807, 2.05) is 0 Å². The van der Waals surface area contributed by atoms with Crippen molar-refractivity contribution in [3.63, 3.8) is 0 Å². The van der Waals surface area contributed by atoms with Crippen molar-refractivity contribution in [1.29, 1.82) is 0 Å². The van der Waals surface area contributed by atoms with Gasteiger partial charge in [0.15, 0.2) is 0 Å². The second kappa shape index (κ2) is 19.2. The molecule has 0 aromatic heterocycles. The molecule has 1 aliphatic rings. The summed E-state index contributed by atoms with van der Waals surface area (Å²) < 4.78 is 10.9. The summed E-state index contributed by atoms with van der Waals surface area (Å²) in [4.78, 5) is 0. The van der Waals surface area contributed by atoms with E-state index in [0.717, 1.165) is 6.42 Å². The number of rotatable bonds is 19. The van der Waals surface area contributed by atoms with Crippen molar-refractivity contribution in [3.8, 4) is 0 Å². The van der Waals surface area contributed by atoms with Gasteiger partial charge in [0.05, 0.1) is 13.2 Å². The summed E-state index contributed by atoms with van der Waals surface area (Å²) >= 11 is 0. The molecule has 0 aliphatic carbocycles. The topological polar surface area (TPSA) is 79.2 Å². The molecule has 0 aromatic rings. The van der Waals surface area contributed by atoms with Gasteiger partial charge in [0.1, 0.15) is 24.4 Å². The van der Waals surface area contributed by atoms with E-state index in [0.29, 0.717) is 6.61 Å². The van der Waals surface area contributed by atoms with Gasteiger partial charge in [-0.1, -0.05) is 89.7 Å². The van der Waals surface area contributed by atoms with Crippen LogP contribution in [0.5, 0.6) is 0 Å². The average molecular weight is 429 g/mol. The van der Waals surface area contributed by atoms with E-state index in [9.17, 15) is 15.3 Å². The third kappa shape index (κ3) is 13.8. The minimum absolute atomic E-state index is 0.0444. The molecule has 0 unspecified atom stereocenters. The van der Waals surface area contributed by atoms with Crippen LogP contribution in [0.3, 0.4) is 0 Å². The normalized spacial score (nSPS) is 24.7. The van der Waals surface area contributed by atoms with Gasteiger partial charge in [-0.05, 0) is 25.7 Å². The van der Waals surface area contributed by atoms with Crippen molar-refractivity contribution in [2.75, 3.05) is 19.8 Å². The maximum Gasteiger partial charge on any atom is 0.111 e. The van der Waals surface area contributed by atoms with Crippen LogP contribution in [-0.4, -0.2) is 59.6 Å². The Bertz CT molecular complexity index is 401. The van der Waals surface area contributed by atoms with Crippen LogP contribution >= 0.6 is 0 Å². The highest BCUT2D eigenvalue weighted by molar-refractivity contribution is 4.86. The van der Waals surface area contributed by atoms with E-state index < -0.39 is 24.4 Å². The molecule has 1 fully saturated rings. The van der Waals surface area contributed by atoms with Crippen LogP contribution in [0.25, 0.3) is 0 Å². The summed E-state index contributed by atoms with van der Waals surface area (Å²) in [5.41, 5.74) is 0. The van der Waals surface area contributed by atoms with Crippen molar-refractivity contribution in [2.24, 2.45) is 0 Å². The Morgan fingerprint density at radius 1 is 0.733 bits per heavy atom. The lowest BCUT2D eigenvalue weighted by Gasteiger charge is -2.35. The van der Waals surface area contributed by atoms with Gasteiger partial charge in [-0.3, -0.25) is 0 Å². The molecule has 3 N–H and O–H groups in total. The molecule has 0 radical (unpaired) electrons. The van der Waals surface area contributed by atoms with Crippen LogP contribution < -0.4 is 0 Å². The van der Waals surface area contributed by atoms with Crippen LogP contribution in [-0.2, 0) is 9.47 Å². The highest BCUT2D eigenvalue weighted by atomic mass is 16.6. The van der Waals surface area contributed by atoms with Crippen LogP contribution in [0.1, 0.15) is 103 Å². The van der Waals surface area contributed by atoms with Gasteiger partial charge < -0.3 is 24.8 Å². The Hall–Kier alpha value is -0.460. The largest absolute Gasteiger partial charge is 0.388 e. The predicted octanol–water partition coefficient (Wildman–Crippen LogP) is 4.91. The Kier molecular flexibility index (Phi) is 17.7. The fourth-order valence-electron chi connectivity index (χ4n) is 3.83. The zero-order valence-electron chi connectivity index (χ0n) is 19.4. The molecule has 5 nitrogen and oxygen atoms in total. The summed E-state index contributed by atoms with van der Waals surface area (Å²) in [6.07, 6.45) is 20.3. The number of ether oxygens (including phenoxy) is 2. The third-order valence-corrected chi connectivity index (χ3v) is 5.94. The van der Waals surface area contributed by atoms with Gasteiger partial charge in [-0.2, -0.15) is 0 Å². The molecule has 1 aliphatic heterocycles. The lowest BCUT2D eigenvalue weighted by atomic mass is 10.0. The SMILES string of the molecule is CCCC/C=C/CCCCCCCCCCCCCOC[C@H]1OC[C@H](O)[C@@H](O)[C@@H]1O. The van der Waals surface area contributed by atoms with E-state index in [-0.39, 0.29) is 13.2 Å². The van der Waals surface area contributed by atoms with Crippen molar-refractivity contribution in [3.05, 3.63) is 12.2 Å². The van der Waals surface area contributed by atoms with Crippen LogP contribution in [0.4, 0.5) is 0 Å². The molecule has 1 saturated heterocycles. The number of unbranched alkanes of at least 4 members (excludes halogenated alkanes) is 13. The summed E-state index contributed by atoms with van der Waals surface area (Å²) in [5, 5.41) is 28.9. The first-order valence-electron chi connectivity index (χ1n) is 12.5. The molecule has 0 spiro atoms. The number of allylic oxidation sites excluding steroid dienone is 2. The molecule has 1 heterocycles. The first kappa shape index (κ1) is 27.6. The molecule has 0 aromatic carbocycles. The average Bonchev–Trinajstić information content (AvgIpc) is 2.75. The molecule has 4 atom stereocenters. The van der Waals surface area contributed by atoms with Gasteiger partial charge in [-0.25, -0.2) is 0 Å². The molecule has 30 heavy (non-hydrogen) atoms. The van der Waals surface area contributed by atoms with Crippen molar-refractivity contribution < 1.29 is 24.8 Å². The summed E-state index contributed by atoms with van der Waals surface area (Å²) in [6, 6.07) is 0. The second-order valence-electron chi connectivity index (χ2n) is 8.79. The number of aliphatic hydroxyl groups is 3. The zero-order valence-corrected chi connectivity index (χ0v) is 19.4. The minimum Gasteiger partial charge on any atom is -0.388 e. The minimum atomic E-state index is -1.15. The third-order valence-electron chi connectivity index (χ3n) is 5.94. The fourth-order valence-corrected chi connectivity index (χ4v) is 3.83. The molecule has 0 bridgehead atoms. The second-order valence-corrected chi connectivity index (χ2v) is 8.79. The maximum absolute atomic E-state index is 9.84. The fraction of sp³-hybridized carbons (Fsp3) is 0.920. The quantitative estimate of drug-likeness (QED) is 0.201. The van der Waals surface area contributed by atoms with E-state index in [1.54, 1.807) is 0 Å². The van der Waals surface area contributed by atoms with Gasteiger partial charge in [0.2, 0.25) is 0 Å². The standard InChI is InChI=1S/C25H48O5/c1-2-3-4-5-6-7-8-9-10-11-12-13-14-15-16-17-18-19-29-21-23-25(28)24(27)22(26)20-30-23/h5-6,22-28H,2-4,7-21H2,1H3/b6-5+/t22-,23+,24+,25+/m0/s1. The monoisotopic (exact) mass is 428 g/mol. The maximum atomic E-state index is 9.84. The van der Waals surface area contributed by atoms with E-state index in [4.69, 9.17) is 9.47 Å². The van der Waals surface area contributed by atoms with E-state index >= 15 is 0 Å². The van der Waals surface area contributed by atoms with Gasteiger partial charge in [0, 0.05) is 6.61 Å². The lowest BCUT2D eigenvalue weighted by molar-refractivity contribution is -0.199. The Balaban J connectivity index is 1.76. The highest BCUT2D eigenvalue weighted by Crippen LogP contribution is 2.16. The molecular weight excluding hydrogens is 380 g/mol. The van der Waals surface area contributed by atoms with Gasteiger partial charge in [-0.15, -0.1) is 0 Å². The van der Waals surface area contributed by atoms with Crippen molar-refractivity contribution >= 4 is 0 Å². The first-order valence-corrected chi connectivity index (χ1v) is 12.5. The van der Waals surface area contributed by atoms with Crippen LogP contribution in [0.15, 0.2) is 12.2 Å². The summed E-state index contributed by atoms with van der Waals surface area (Å²) in [6.45, 7) is 3.20. The van der Waals surface area contributed by atoms with Gasteiger partial charge >= 0.3 is 0 Å². The first-order chi connectivity index (χ1) is 14.7. The van der Waals surface area contributed by atoms with Crippen LogP contribution in [0.2, 0.25) is 0 Å². The molecule has 0 saturated carbocycles. The molecule has 1 rings (SSSR count). The molecule has 0 amide bonds. The molecule has 5 heteroatoms. The summed E-state index contributed by atoms with van der Waals surface area (Å²) in [7, 11) is 0. The molecular formula is C25H48O5. The Morgan fingerprint density at radius 2 is 1.27 bits per heavy atom. The van der Waals surface area contributed by atoms with Crippen molar-refractivity contribution in [2.45, 2.75) is 128 Å². The van der Waals surface area contributed by atoms with Crippen molar-refractivity contribution in [1.82, 2.24) is 0 Å². The van der Waals surface area contributed by atoms with E-state index in [1.165, 1.54) is 89.9 Å². The van der Waals surface area contributed by atoms with Gasteiger partial charge in [0.25, 0.3) is 0 Å². The highest BCUT2D eigenvalue weighted by Gasteiger charge is 2.37. The summed E-state index contributed by atoms with van der Waals surface area (Å²) in [5.74, 6) is 0. The Labute approximate surface area is 184 Å². The number of hydrogen-bond donors (Lipinski definition) is 3. The smallest absolute Gasteiger partial charge is 0.111 e. The zero-order chi connectivity index (χ0) is 21.9. The van der Waals surface area contributed by atoms with Crippen LogP contribution in [0, 0.1) is 0 Å². The number of aliphatic hydroxyl groups excluding tert-OH is 3. The Morgan fingerprint density at radius 3 is 1.87 bits per heavy atom. The van der Waals surface area contributed by atoms with E-state index in [2.05, 4.69) is 19.1 Å². The number of hydrogen-bond acceptors (Lipinski definition) is 5. The molecule has 178 valence electrons. The predicted molar refractivity (Wildman–Crippen MR) is 123 cm³/mol.